The molecule has 0 aromatic heterocycles. The summed E-state index contributed by atoms with van der Waals surface area (Å²) < 4.78 is 28.8. The number of hydrogen-bond acceptors (Lipinski definition) is 2. The van der Waals surface area contributed by atoms with Gasteiger partial charge in [-0.2, -0.15) is 0 Å². The van der Waals surface area contributed by atoms with Crippen molar-refractivity contribution in [3.63, 3.8) is 0 Å². The van der Waals surface area contributed by atoms with Gasteiger partial charge in [-0.15, -0.1) is 0 Å². The minimum Gasteiger partial charge on any atom is -0.207 e. The quantitative estimate of drug-likeness (QED) is 0.773. The molecule has 0 saturated heterocycles. The second-order valence-corrected chi connectivity index (χ2v) is 9.02. The molecule has 0 heterocycles. The second kappa shape index (κ2) is 7.90. The number of nitrogens with one attached hydrogen (secondary N) is 1. The fourth-order valence-electron chi connectivity index (χ4n) is 3.56. The number of sulfonamides is 1. The Kier molecular flexibility index (Phi) is 5.82. The van der Waals surface area contributed by atoms with Gasteiger partial charge in [-0.05, 0) is 55.5 Å². The summed E-state index contributed by atoms with van der Waals surface area (Å²) in [6.45, 7) is 1.95. The molecule has 1 saturated carbocycles. The van der Waals surface area contributed by atoms with Crippen molar-refractivity contribution in [2.45, 2.75) is 50.0 Å². The van der Waals surface area contributed by atoms with Gasteiger partial charge in [-0.25, -0.2) is 13.1 Å². The summed E-state index contributed by atoms with van der Waals surface area (Å²) in [7, 11) is -3.58. The first-order valence-corrected chi connectivity index (χ1v) is 10.7. The van der Waals surface area contributed by atoms with Crippen molar-refractivity contribution < 1.29 is 8.42 Å². The predicted molar refractivity (Wildman–Crippen MR) is 102 cm³/mol. The van der Waals surface area contributed by atoms with Crippen molar-refractivity contribution in [1.82, 2.24) is 4.72 Å². The summed E-state index contributed by atoms with van der Waals surface area (Å²) in [4.78, 5) is 0.306. The third kappa shape index (κ3) is 4.63. The van der Waals surface area contributed by atoms with Gasteiger partial charge in [0.05, 0.1) is 4.90 Å². The van der Waals surface area contributed by atoms with Gasteiger partial charge in [0.15, 0.2) is 0 Å². The normalized spacial score (nSPS) is 17.4. The van der Waals surface area contributed by atoms with Crippen molar-refractivity contribution >= 4 is 21.6 Å². The minimum absolute atomic E-state index is 0.245. The first-order chi connectivity index (χ1) is 12.0. The van der Waals surface area contributed by atoms with Crippen LogP contribution in [-0.2, 0) is 10.0 Å². The van der Waals surface area contributed by atoms with Crippen molar-refractivity contribution in [3.05, 3.63) is 64.7 Å². The standard InChI is InChI=1S/C20H24ClNO2S/c1-15-10-12-19(13-11-15)25(23,24)22-20(16-6-3-2-4-7-16)17-8-5-9-18(21)14-17/h5,8-14,16,20,22H,2-4,6-7H2,1H3. The van der Waals surface area contributed by atoms with Gasteiger partial charge in [0.2, 0.25) is 10.0 Å². The molecule has 0 amide bonds. The Balaban J connectivity index is 1.92. The first-order valence-electron chi connectivity index (χ1n) is 8.80. The van der Waals surface area contributed by atoms with E-state index in [1.54, 1.807) is 12.1 Å². The lowest BCUT2D eigenvalue weighted by molar-refractivity contribution is 0.294. The molecule has 1 aliphatic rings. The Labute approximate surface area is 155 Å². The maximum Gasteiger partial charge on any atom is 0.241 e. The molecule has 3 rings (SSSR count). The highest BCUT2D eigenvalue weighted by molar-refractivity contribution is 7.89. The molecule has 0 aliphatic heterocycles. The van der Waals surface area contributed by atoms with Crippen LogP contribution >= 0.6 is 11.6 Å². The van der Waals surface area contributed by atoms with E-state index in [-0.39, 0.29) is 6.04 Å². The second-order valence-electron chi connectivity index (χ2n) is 6.87. The Morgan fingerprint density at radius 3 is 2.36 bits per heavy atom. The summed E-state index contributed by atoms with van der Waals surface area (Å²) in [6, 6.07) is 14.3. The summed E-state index contributed by atoms with van der Waals surface area (Å²) in [5, 5.41) is 0.632. The van der Waals surface area contributed by atoms with E-state index in [0.717, 1.165) is 36.8 Å². The maximum atomic E-state index is 12.9. The van der Waals surface area contributed by atoms with E-state index >= 15 is 0 Å². The molecule has 0 spiro atoms. The van der Waals surface area contributed by atoms with Gasteiger partial charge in [0, 0.05) is 11.1 Å². The van der Waals surface area contributed by atoms with Crippen LogP contribution in [0.1, 0.15) is 49.3 Å². The fourth-order valence-corrected chi connectivity index (χ4v) is 5.05. The fraction of sp³-hybridized carbons (Fsp3) is 0.400. The van der Waals surface area contributed by atoms with E-state index in [9.17, 15) is 8.42 Å². The molecular formula is C20H24ClNO2S. The molecule has 25 heavy (non-hydrogen) atoms. The van der Waals surface area contributed by atoms with E-state index < -0.39 is 10.0 Å². The topological polar surface area (TPSA) is 46.2 Å². The first kappa shape index (κ1) is 18.4. The molecule has 0 bridgehead atoms. The molecule has 1 N–H and O–H groups in total. The molecule has 1 aliphatic carbocycles. The maximum absolute atomic E-state index is 12.9. The highest BCUT2D eigenvalue weighted by atomic mass is 35.5. The Morgan fingerprint density at radius 1 is 1.04 bits per heavy atom. The van der Waals surface area contributed by atoms with Crippen molar-refractivity contribution in [3.8, 4) is 0 Å². The molecule has 5 heteroatoms. The van der Waals surface area contributed by atoms with Crippen molar-refractivity contribution in [2.75, 3.05) is 0 Å². The van der Waals surface area contributed by atoms with Crippen LogP contribution in [0.5, 0.6) is 0 Å². The third-order valence-electron chi connectivity index (χ3n) is 4.94. The summed E-state index contributed by atoms with van der Waals surface area (Å²) >= 11 is 6.16. The van der Waals surface area contributed by atoms with Gasteiger partial charge >= 0.3 is 0 Å². The SMILES string of the molecule is Cc1ccc(S(=O)(=O)NC(c2cccc(Cl)c2)C2CCCCC2)cc1. The summed E-state index contributed by atoms with van der Waals surface area (Å²) in [6.07, 6.45) is 5.59. The van der Waals surface area contributed by atoms with E-state index in [4.69, 9.17) is 11.6 Å². The number of rotatable bonds is 5. The lowest BCUT2D eigenvalue weighted by Crippen LogP contribution is -2.34. The third-order valence-corrected chi connectivity index (χ3v) is 6.63. The molecule has 1 atom stereocenters. The van der Waals surface area contributed by atoms with Gasteiger partial charge < -0.3 is 0 Å². The monoisotopic (exact) mass is 377 g/mol. The number of hydrogen-bond donors (Lipinski definition) is 1. The van der Waals surface area contributed by atoms with Gasteiger partial charge in [0.1, 0.15) is 0 Å². The summed E-state index contributed by atoms with van der Waals surface area (Å²) in [5.41, 5.74) is 1.98. The van der Waals surface area contributed by atoms with Gasteiger partial charge in [0.25, 0.3) is 0 Å². The van der Waals surface area contributed by atoms with E-state index in [0.29, 0.717) is 15.8 Å². The zero-order valence-corrected chi connectivity index (χ0v) is 16.0. The largest absolute Gasteiger partial charge is 0.241 e. The number of halogens is 1. The van der Waals surface area contributed by atoms with Crippen molar-refractivity contribution in [1.29, 1.82) is 0 Å². The molecule has 1 fully saturated rings. The van der Waals surface area contributed by atoms with E-state index in [1.807, 2.05) is 43.3 Å². The molecular weight excluding hydrogens is 354 g/mol. The Hall–Kier alpha value is -1.36. The lowest BCUT2D eigenvalue weighted by atomic mass is 9.81. The molecule has 1 unspecified atom stereocenters. The van der Waals surface area contributed by atoms with E-state index in [1.165, 1.54) is 6.42 Å². The van der Waals surface area contributed by atoms with Crippen LogP contribution in [0, 0.1) is 12.8 Å². The average molecular weight is 378 g/mol. The highest BCUT2D eigenvalue weighted by Gasteiger charge is 2.29. The summed E-state index contributed by atoms with van der Waals surface area (Å²) in [5.74, 6) is 0.299. The molecule has 0 radical (unpaired) electrons. The molecule has 134 valence electrons. The number of aryl methyl sites for hydroxylation is 1. The highest BCUT2D eigenvalue weighted by Crippen LogP contribution is 2.36. The Morgan fingerprint density at radius 2 is 1.72 bits per heavy atom. The van der Waals surface area contributed by atoms with Crippen LogP contribution in [0.15, 0.2) is 53.4 Å². The van der Waals surface area contributed by atoms with E-state index in [2.05, 4.69) is 4.72 Å². The smallest absolute Gasteiger partial charge is 0.207 e. The van der Waals surface area contributed by atoms with Gasteiger partial charge in [-0.3, -0.25) is 0 Å². The molecule has 2 aromatic rings. The van der Waals surface area contributed by atoms with Crippen LogP contribution in [-0.4, -0.2) is 8.42 Å². The molecule has 2 aromatic carbocycles. The number of benzene rings is 2. The van der Waals surface area contributed by atoms with Crippen LogP contribution in [0.3, 0.4) is 0 Å². The van der Waals surface area contributed by atoms with Crippen LogP contribution in [0.4, 0.5) is 0 Å². The zero-order chi connectivity index (χ0) is 17.9. The van der Waals surface area contributed by atoms with Gasteiger partial charge in [-0.1, -0.05) is 60.7 Å². The Bertz CT molecular complexity index is 812. The average Bonchev–Trinajstić information content (AvgIpc) is 2.61. The zero-order valence-electron chi connectivity index (χ0n) is 14.4. The van der Waals surface area contributed by atoms with Crippen LogP contribution in [0.25, 0.3) is 0 Å². The van der Waals surface area contributed by atoms with Crippen molar-refractivity contribution in [2.24, 2.45) is 5.92 Å². The van der Waals surface area contributed by atoms with Crippen LogP contribution in [0.2, 0.25) is 5.02 Å². The minimum atomic E-state index is -3.58. The lowest BCUT2D eigenvalue weighted by Gasteiger charge is -2.31. The molecule has 3 nitrogen and oxygen atoms in total. The predicted octanol–water partition coefficient (Wildman–Crippen LogP) is 5.25. The van der Waals surface area contributed by atoms with Crippen LogP contribution < -0.4 is 4.72 Å².